The molecule has 13 nitrogen and oxygen atoms in total. The summed E-state index contributed by atoms with van der Waals surface area (Å²) >= 11 is 0.801. The van der Waals surface area contributed by atoms with Crippen LogP contribution in [0.1, 0.15) is 19.0 Å². The van der Waals surface area contributed by atoms with E-state index in [0.29, 0.717) is 0 Å². The number of carbonyl (C=O) groups excluding carboxylic acids is 2. The van der Waals surface area contributed by atoms with Gasteiger partial charge in [-0.3, -0.25) is 14.3 Å². The van der Waals surface area contributed by atoms with Crippen molar-refractivity contribution < 1.29 is 40.9 Å². The highest BCUT2D eigenvalue weighted by atomic mass is 32.2. The van der Waals surface area contributed by atoms with Crippen molar-refractivity contribution >= 4 is 44.9 Å². The molecule has 2 aromatic rings. The van der Waals surface area contributed by atoms with Gasteiger partial charge < -0.3 is 26.9 Å². The number of carbonyl (C=O) groups is 2. The zero-order valence-electron chi connectivity index (χ0n) is 17.7. The van der Waals surface area contributed by atoms with E-state index >= 15 is 0 Å². The highest BCUT2D eigenvalue weighted by molar-refractivity contribution is 7.94. The Bertz CT molecular complexity index is 1290. The first-order valence-corrected chi connectivity index (χ1v) is 11.6. The third kappa shape index (κ3) is 6.41. The Morgan fingerprint density at radius 1 is 1.20 bits per heavy atom. The summed E-state index contributed by atoms with van der Waals surface area (Å²) in [6.07, 6.45) is -5.94. The largest absolute Gasteiger partial charge is 0.493 e. The zero-order chi connectivity index (χ0) is 26.6. The van der Waals surface area contributed by atoms with E-state index in [4.69, 9.17) is 22.0 Å². The topological polar surface area (TPSA) is 211 Å². The number of aromatic nitrogens is 1. The van der Waals surface area contributed by atoms with Crippen LogP contribution in [0.2, 0.25) is 0 Å². The third-order valence-corrected chi connectivity index (χ3v) is 7.19. The number of rotatable bonds is 10. The number of amides is 1. The number of nitrogens with zero attached hydrogens (tertiary/aromatic N) is 2. The second kappa shape index (κ2) is 10.2. The average molecular weight is 541 g/mol. The summed E-state index contributed by atoms with van der Waals surface area (Å²) in [4.78, 5) is 45.7. The molecule has 35 heavy (non-hydrogen) atoms. The van der Waals surface area contributed by atoms with Crippen LogP contribution in [0.25, 0.3) is 0 Å². The monoisotopic (exact) mass is 540 g/mol. The van der Waals surface area contributed by atoms with Crippen molar-refractivity contribution in [2.45, 2.75) is 29.1 Å². The lowest BCUT2D eigenvalue weighted by atomic mass is 9.82. The summed E-state index contributed by atoms with van der Waals surface area (Å²) in [7, 11) is -4.31. The van der Waals surface area contributed by atoms with Gasteiger partial charge in [0.25, 0.3) is 10.0 Å². The molecular formula is C17H19F3N6O7S2. The van der Waals surface area contributed by atoms with Crippen LogP contribution in [-0.2, 0) is 29.9 Å². The van der Waals surface area contributed by atoms with Crippen molar-refractivity contribution in [1.82, 2.24) is 4.73 Å². The van der Waals surface area contributed by atoms with Crippen LogP contribution in [-0.4, -0.2) is 43.8 Å². The van der Waals surface area contributed by atoms with E-state index in [1.807, 2.05) is 4.72 Å². The van der Waals surface area contributed by atoms with Gasteiger partial charge in [0.2, 0.25) is 11.9 Å². The Morgan fingerprint density at radius 2 is 1.86 bits per heavy atom. The maximum Gasteiger partial charge on any atom is 0.493 e. The molecule has 0 saturated carbocycles. The Labute approximate surface area is 199 Å². The first kappa shape index (κ1) is 27.4. The highest BCUT2D eigenvalue weighted by Crippen LogP contribution is 2.28. The molecule has 1 amide bonds. The molecule has 0 aliphatic heterocycles. The number of nitrogens with two attached hydrogens (primary N) is 3. The molecule has 0 fully saturated rings. The van der Waals surface area contributed by atoms with Gasteiger partial charge in [-0.1, -0.05) is 6.07 Å². The van der Waals surface area contributed by atoms with Gasteiger partial charge in [0.1, 0.15) is 16.5 Å². The molecule has 1 unspecified atom stereocenters. The van der Waals surface area contributed by atoms with Gasteiger partial charge in [-0.05, 0) is 35.7 Å². The minimum atomic E-state index is -5.54. The Balaban J connectivity index is 2.62. The van der Waals surface area contributed by atoms with Crippen molar-refractivity contribution in [3.8, 4) is 0 Å². The average Bonchev–Trinajstić information content (AvgIpc) is 3.29. The number of nitrogens with one attached hydrogen (secondary N) is 1. The van der Waals surface area contributed by atoms with Gasteiger partial charge in [0, 0.05) is 6.42 Å². The van der Waals surface area contributed by atoms with Crippen LogP contribution in [0.3, 0.4) is 0 Å². The van der Waals surface area contributed by atoms with E-state index in [-0.39, 0.29) is 8.94 Å². The van der Waals surface area contributed by atoms with Crippen molar-refractivity contribution in [3.05, 3.63) is 45.7 Å². The first-order valence-electron chi connectivity index (χ1n) is 9.23. The fourth-order valence-electron chi connectivity index (χ4n) is 2.59. The number of thiophene rings is 1. The standard InChI is InChI=1S/C17H19F3N6O7S2/c1-16(13(21)28,6-7-32-24-15(22)23)10-5-4-9(25-35(30,31)11-3-2-8-34-11)12(27)26(10)33-14(29)17(18,19)20/h2-5,8,25H,6-7H2,1H3,(H2,21,28)(H4,22,23,24). The second-order valence-corrected chi connectivity index (χ2v) is 9.80. The molecule has 7 N–H and O–H groups in total. The van der Waals surface area contributed by atoms with Crippen molar-refractivity contribution in [2.75, 3.05) is 11.3 Å². The number of alkyl halides is 3. The molecule has 192 valence electrons. The smallest absolute Gasteiger partial charge is 0.393 e. The first-order chi connectivity index (χ1) is 16.1. The molecule has 0 saturated heterocycles. The van der Waals surface area contributed by atoms with Crippen LogP contribution in [0.4, 0.5) is 18.9 Å². The number of hydrogen-bond acceptors (Lipinski definition) is 9. The Hall–Kier alpha value is -3.80. The molecule has 0 aliphatic carbocycles. The number of anilines is 1. The van der Waals surface area contributed by atoms with Gasteiger partial charge >= 0.3 is 17.7 Å². The summed E-state index contributed by atoms with van der Waals surface area (Å²) in [5, 5.41) is 4.66. The summed E-state index contributed by atoms with van der Waals surface area (Å²) < 4.78 is 65.1. The van der Waals surface area contributed by atoms with Gasteiger partial charge in [-0.15, -0.1) is 16.1 Å². The van der Waals surface area contributed by atoms with Crippen molar-refractivity contribution in [2.24, 2.45) is 22.4 Å². The number of oxime groups is 1. The van der Waals surface area contributed by atoms with E-state index < -0.39 is 69.4 Å². The number of guanidine groups is 1. The number of hydrogen-bond donors (Lipinski definition) is 4. The third-order valence-electron chi connectivity index (χ3n) is 4.42. The molecule has 0 aliphatic rings. The van der Waals surface area contributed by atoms with E-state index in [2.05, 4.69) is 9.99 Å². The van der Waals surface area contributed by atoms with Crippen molar-refractivity contribution in [1.29, 1.82) is 0 Å². The Kier molecular flexibility index (Phi) is 8.01. The fourth-order valence-corrected chi connectivity index (χ4v) is 4.64. The number of sulfonamides is 1. The quantitative estimate of drug-likeness (QED) is 0.133. The normalized spacial score (nSPS) is 13.4. The lowest BCUT2D eigenvalue weighted by molar-refractivity contribution is -0.200. The molecule has 0 bridgehead atoms. The number of primary amides is 1. The van der Waals surface area contributed by atoms with Gasteiger partial charge in [0.15, 0.2) is 0 Å². The SMILES string of the molecule is CC(CCON=C(N)N)(C(N)=O)c1ccc(NS(=O)(=O)c2cccs2)c(=O)n1OC(=O)C(F)(F)F. The lowest BCUT2D eigenvalue weighted by Crippen LogP contribution is -2.48. The number of pyridine rings is 1. The lowest BCUT2D eigenvalue weighted by Gasteiger charge is -2.28. The minimum absolute atomic E-state index is 0.159. The molecule has 0 spiro atoms. The molecule has 0 aromatic carbocycles. The predicted octanol–water partition coefficient (Wildman–Crippen LogP) is -0.434. The molecule has 2 aromatic heterocycles. The fraction of sp³-hybridized carbons (Fsp3) is 0.294. The molecule has 18 heteroatoms. The highest BCUT2D eigenvalue weighted by Gasteiger charge is 2.44. The second-order valence-electron chi connectivity index (χ2n) is 6.94. The minimum Gasteiger partial charge on any atom is -0.393 e. The summed E-state index contributed by atoms with van der Waals surface area (Å²) in [6.45, 7) is 0.710. The molecule has 1 atom stereocenters. The van der Waals surface area contributed by atoms with Crippen LogP contribution in [0.5, 0.6) is 0 Å². The molecule has 0 radical (unpaired) electrons. The number of halogens is 3. The zero-order valence-corrected chi connectivity index (χ0v) is 19.4. The van der Waals surface area contributed by atoms with E-state index in [1.165, 1.54) is 17.5 Å². The van der Waals surface area contributed by atoms with Crippen LogP contribution in [0.15, 0.2) is 43.8 Å². The molecule has 2 rings (SSSR count). The van der Waals surface area contributed by atoms with E-state index in [9.17, 15) is 36.0 Å². The maximum absolute atomic E-state index is 12.9. The van der Waals surface area contributed by atoms with E-state index in [0.717, 1.165) is 30.4 Å². The van der Waals surface area contributed by atoms with Crippen LogP contribution >= 0.6 is 11.3 Å². The Morgan fingerprint density at radius 3 is 2.37 bits per heavy atom. The van der Waals surface area contributed by atoms with Gasteiger partial charge in [0.05, 0.1) is 11.1 Å². The summed E-state index contributed by atoms with van der Waals surface area (Å²) in [5.74, 6) is -4.44. The van der Waals surface area contributed by atoms with Crippen molar-refractivity contribution in [3.63, 3.8) is 0 Å². The van der Waals surface area contributed by atoms with Gasteiger partial charge in [-0.2, -0.15) is 13.2 Å². The predicted molar refractivity (Wildman–Crippen MR) is 116 cm³/mol. The summed E-state index contributed by atoms with van der Waals surface area (Å²) in [5.41, 5.74) is 10.7. The summed E-state index contributed by atoms with van der Waals surface area (Å²) in [6, 6.07) is 4.39. The van der Waals surface area contributed by atoms with Crippen LogP contribution < -0.4 is 32.3 Å². The van der Waals surface area contributed by atoms with E-state index in [1.54, 1.807) is 0 Å². The van der Waals surface area contributed by atoms with Gasteiger partial charge in [-0.25, -0.2) is 13.2 Å². The van der Waals surface area contributed by atoms with Crippen LogP contribution in [0, 0.1) is 0 Å². The molecule has 2 heterocycles. The maximum atomic E-state index is 12.9. The molecular weight excluding hydrogens is 521 g/mol.